The van der Waals surface area contributed by atoms with Gasteiger partial charge in [0.05, 0.1) is 20.4 Å². The van der Waals surface area contributed by atoms with Crippen molar-refractivity contribution in [3.8, 4) is 11.5 Å². The van der Waals surface area contributed by atoms with E-state index in [0.29, 0.717) is 17.1 Å². The Morgan fingerprint density at radius 1 is 1.19 bits per heavy atom. The molecule has 2 unspecified atom stereocenters. The van der Waals surface area contributed by atoms with Crippen LogP contribution in [0.25, 0.3) is 0 Å². The number of nitrogens with zero attached hydrogens (tertiary/aromatic N) is 1. The summed E-state index contributed by atoms with van der Waals surface area (Å²) in [5.74, 6) is 0.993. The minimum Gasteiger partial charge on any atom is -0.497 e. The summed E-state index contributed by atoms with van der Waals surface area (Å²) in [6, 6.07) is 11.8. The summed E-state index contributed by atoms with van der Waals surface area (Å²) in [5.41, 5.74) is 7.19. The van der Waals surface area contributed by atoms with Crippen LogP contribution in [0, 0.1) is 6.92 Å². The van der Waals surface area contributed by atoms with Gasteiger partial charge in [0.25, 0.3) is 5.91 Å². The van der Waals surface area contributed by atoms with Crippen LogP contribution < -0.4 is 20.4 Å². The predicted molar refractivity (Wildman–Crippen MR) is 128 cm³/mol. The zero-order chi connectivity index (χ0) is 23.0. The number of benzene rings is 2. The Kier molecular flexibility index (Phi) is 8.88. The normalized spacial score (nSPS) is 12.9. The number of carbonyl (C=O) groups excluding carboxylic acids is 1. The molecule has 2 aromatic rings. The first-order valence-corrected chi connectivity index (χ1v) is 10.2. The smallest absolute Gasteiger partial charge is 0.273 e. The molecule has 0 aliphatic rings. The number of carbonyl (C=O) groups is 1. The Labute approximate surface area is 185 Å². The molecule has 0 aromatic heterocycles. The monoisotopic (exact) mass is 422 g/mol. The highest BCUT2D eigenvalue weighted by Crippen LogP contribution is 2.31. The van der Waals surface area contributed by atoms with Crippen molar-refractivity contribution >= 4 is 25.4 Å². The quantitative estimate of drug-likeness (QED) is 0.277. The van der Waals surface area contributed by atoms with Crippen LogP contribution in [0.4, 0.5) is 0 Å². The van der Waals surface area contributed by atoms with Gasteiger partial charge in [-0.05, 0) is 47.6 Å². The van der Waals surface area contributed by atoms with Gasteiger partial charge in [-0.25, -0.2) is 5.43 Å². The first kappa shape index (κ1) is 24.2. The highest BCUT2D eigenvalue weighted by Gasteiger charge is 2.27. The topological polar surface area (TPSA) is 69.2 Å². The summed E-state index contributed by atoms with van der Waals surface area (Å²) >= 11 is 0. The van der Waals surface area contributed by atoms with Gasteiger partial charge >= 0.3 is 0 Å². The van der Waals surface area contributed by atoms with Crippen molar-refractivity contribution in [2.24, 2.45) is 5.10 Å². The Bertz CT molecular complexity index is 933. The third-order valence-corrected chi connectivity index (χ3v) is 5.39. The van der Waals surface area contributed by atoms with E-state index in [0.717, 1.165) is 28.6 Å². The maximum Gasteiger partial charge on any atom is 0.273 e. The number of hydrazone groups is 1. The molecule has 164 valence electrons. The Hall–Kier alpha value is -3.06. The number of aryl methyl sites for hydroxylation is 1. The number of hydrogen-bond donors (Lipinski definition) is 1. The van der Waals surface area contributed by atoms with E-state index in [1.807, 2.05) is 32.1 Å². The Balaban J connectivity index is 2.16. The molecular weight excluding hydrogens is 391 g/mol. The summed E-state index contributed by atoms with van der Waals surface area (Å²) in [5, 5.41) is 4.09. The fraction of sp³-hybridized carbons (Fsp3) is 0.333. The summed E-state index contributed by atoms with van der Waals surface area (Å²) in [4.78, 5) is 12.8. The van der Waals surface area contributed by atoms with Crippen LogP contribution in [0.3, 0.4) is 0 Å². The zero-order valence-electron chi connectivity index (χ0n) is 19.2. The average Bonchev–Trinajstić information content (AvgIpc) is 2.77. The molecule has 0 aliphatic carbocycles. The average molecular weight is 422 g/mol. The summed E-state index contributed by atoms with van der Waals surface area (Å²) in [6.45, 7) is 8.32. The van der Waals surface area contributed by atoms with Gasteiger partial charge in [0.1, 0.15) is 19.3 Å². The fourth-order valence-corrected chi connectivity index (χ4v) is 3.68. The van der Waals surface area contributed by atoms with Crippen LogP contribution in [0.1, 0.15) is 36.0 Å². The van der Waals surface area contributed by atoms with Gasteiger partial charge in [-0.1, -0.05) is 37.8 Å². The molecule has 2 rings (SSSR count). The fourth-order valence-electron chi connectivity index (χ4n) is 3.68. The Morgan fingerprint density at radius 3 is 2.32 bits per heavy atom. The molecule has 0 fully saturated rings. The third-order valence-electron chi connectivity index (χ3n) is 5.39. The Morgan fingerprint density at radius 2 is 1.81 bits per heavy atom. The van der Waals surface area contributed by atoms with Gasteiger partial charge in [-0.3, -0.25) is 4.79 Å². The van der Waals surface area contributed by atoms with Crippen LogP contribution in [-0.2, 0) is 9.53 Å². The summed E-state index contributed by atoms with van der Waals surface area (Å²) < 4.78 is 16.2. The second-order valence-corrected chi connectivity index (χ2v) is 7.29. The predicted octanol–water partition coefficient (Wildman–Crippen LogP) is 2.49. The van der Waals surface area contributed by atoms with E-state index in [1.54, 1.807) is 14.2 Å². The van der Waals surface area contributed by atoms with Gasteiger partial charge in [-0.2, -0.15) is 5.10 Å². The van der Waals surface area contributed by atoms with Crippen LogP contribution in [0.5, 0.6) is 11.5 Å². The van der Waals surface area contributed by atoms with Crippen LogP contribution >= 0.6 is 0 Å². The molecule has 0 saturated carbocycles. The molecular formula is C24H31BN2O4. The number of rotatable bonds is 10. The van der Waals surface area contributed by atoms with Crippen molar-refractivity contribution in [3.63, 3.8) is 0 Å². The molecule has 0 spiro atoms. The minimum absolute atomic E-state index is 0.00602. The van der Waals surface area contributed by atoms with Gasteiger partial charge in [0, 0.05) is 18.6 Å². The van der Waals surface area contributed by atoms with Crippen molar-refractivity contribution in [2.45, 2.75) is 32.3 Å². The van der Waals surface area contributed by atoms with E-state index in [2.05, 4.69) is 43.1 Å². The molecule has 2 atom stereocenters. The molecule has 1 amide bonds. The van der Waals surface area contributed by atoms with Crippen LogP contribution in [-0.4, -0.2) is 47.4 Å². The van der Waals surface area contributed by atoms with Crippen LogP contribution in [0.2, 0.25) is 0 Å². The molecule has 7 heteroatoms. The molecule has 0 aliphatic heterocycles. The minimum atomic E-state index is -0.816. The van der Waals surface area contributed by atoms with Gasteiger partial charge in [0.2, 0.25) is 0 Å². The number of methoxy groups -OCH3 is 3. The van der Waals surface area contributed by atoms with Crippen molar-refractivity contribution in [1.82, 2.24) is 5.43 Å². The van der Waals surface area contributed by atoms with Crippen molar-refractivity contribution in [2.75, 3.05) is 21.3 Å². The molecule has 31 heavy (non-hydrogen) atoms. The molecule has 0 saturated heterocycles. The molecule has 0 radical (unpaired) electrons. The lowest BCUT2D eigenvalue weighted by molar-refractivity contribution is -0.129. The third kappa shape index (κ3) is 5.76. The second kappa shape index (κ2) is 11.4. The first-order valence-electron chi connectivity index (χ1n) is 10.2. The number of amides is 1. The molecule has 6 nitrogen and oxygen atoms in total. The maximum absolute atomic E-state index is 12.8. The van der Waals surface area contributed by atoms with E-state index >= 15 is 0 Å². The van der Waals surface area contributed by atoms with Crippen molar-refractivity contribution < 1.29 is 19.0 Å². The number of ether oxygens (including phenoxy) is 3. The molecule has 0 heterocycles. The van der Waals surface area contributed by atoms with Gasteiger partial charge in [-0.15, -0.1) is 0 Å². The highest BCUT2D eigenvalue weighted by atomic mass is 16.5. The molecule has 0 bridgehead atoms. The maximum atomic E-state index is 12.8. The van der Waals surface area contributed by atoms with Gasteiger partial charge in [0.15, 0.2) is 6.10 Å². The number of nitrogens with one attached hydrogen (secondary N) is 1. The summed E-state index contributed by atoms with van der Waals surface area (Å²) in [7, 11) is 6.60. The van der Waals surface area contributed by atoms with E-state index in [1.165, 1.54) is 13.3 Å². The lowest BCUT2D eigenvalue weighted by atomic mass is 9.84. The van der Waals surface area contributed by atoms with Crippen molar-refractivity contribution in [1.29, 1.82) is 0 Å². The lowest BCUT2D eigenvalue weighted by Crippen LogP contribution is -2.36. The molecule has 2 aromatic carbocycles. The van der Waals surface area contributed by atoms with E-state index in [4.69, 9.17) is 14.2 Å². The first-order chi connectivity index (χ1) is 14.9. The standard InChI is InChI=1S/C24H31BN2O4/c1-7-18(19-11-9-8-10-15(19)2)16(3)23(31-6)24(28)27-26-14-17-12-20(29-4)22(25)21(13-17)30-5/h8-14,18,23H,3,7,25H2,1-2,4-6H3,(H,27,28)/b26-14+. The van der Waals surface area contributed by atoms with E-state index < -0.39 is 6.10 Å². The van der Waals surface area contributed by atoms with E-state index in [-0.39, 0.29) is 11.8 Å². The molecule has 1 N–H and O–H groups in total. The second-order valence-electron chi connectivity index (χ2n) is 7.29. The SMILES string of the molecule is Bc1c(OC)cc(/C=N/NC(=O)C(OC)C(=C)C(CC)c2ccccc2C)cc1OC. The van der Waals surface area contributed by atoms with E-state index in [9.17, 15) is 4.79 Å². The zero-order valence-corrected chi connectivity index (χ0v) is 19.2. The highest BCUT2D eigenvalue weighted by molar-refractivity contribution is 6.36. The largest absolute Gasteiger partial charge is 0.497 e. The van der Waals surface area contributed by atoms with Crippen molar-refractivity contribution in [3.05, 3.63) is 65.2 Å². The van der Waals surface area contributed by atoms with Crippen LogP contribution in [0.15, 0.2) is 53.7 Å². The lowest BCUT2D eigenvalue weighted by Gasteiger charge is -2.25. The number of hydrogen-bond acceptors (Lipinski definition) is 5. The van der Waals surface area contributed by atoms with Gasteiger partial charge < -0.3 is 14.2 Å². The summed E-state index contributed by atoms with van der Waals surface area (Å²) in [6.07, 6.45) is 1.53.